The second kappa shape index (κ2) is 6.78. The van der Waals surface area contributed by atoms with E-state index < -0.39 is 14.0 Å². The zero-order chi connectivity index (χ0) is 16.3. The van der Waals surface area contributed by atoms with E-state index in [9.17, 15) is 9.59 Å². The lowest BCUT2D eigenvalue weighted by Gasteiger charge is -2.29. The van der Waals surface area contributed by atoms with Crippen LogP contribution in [0.2, 0.25) is 0 Å². The number of nitrogens with zero attached hydrogens (tertiary/aromatic N) is 1. The first kappa shape index (κ1) is 17.0. The number of amides is 2. The number of hydrogen-bond acceptors (Lipinski definition) is 3. The van der Waals surface area contributed by atoms with Crippen molar-refractivity contribution in [3.63, 3.8) is 0 Å². The van der Waals surface area contributed by atoms with Crippen LogP contribution in [0.25, 0.3) is 0 Å². The van der Waals surface area contributed by atoms with E-state index in [2.05, 4.69) is 27.4 Å². The van der Waals surface area contributed by atoms with Crippen molar-refractivity contribution in [2.24, 2.45) is 0 Å². The molecule has 22 heavy (non-hydrogen) atoms. The van der Waals surface area contributed by atoms with E-state index in [-0.39, 0.29) is 23.7 Å². The molecule has 0 bridgehead atoms. The van der Waals surface area contributed by atoms with E-state index >= 15 is 0 Å². The Hall–Kier alpha value is -1.41. The SMILES string of the molecule is C[P@@](CC(=O)N1C(=O)OC[C@@H]1Cc1ccccc1)C(C)(C)C. The lowest BCUT2D eigenvalue weighted by molar-refractivity contribution is -0.126. The molecule has 0 aliphatic carbocycles. The van der Waals surface area contributed by atoms with E-state index in [1.807, 2.05) is 30.3 Å². The molecule has 2 rings (SSSR count). The zero-order valence-electron chi connectivity index (χ0n) is 13.7. The normalized spacial score (nSPS) is 19.9. The van der Waals surface area contributed by atoms with Gasteiger partial charge in [-0.05, 0) is 23.8 Å². The topological polar surface area (TPSA) is 46.6 Å². The summed E-state index contributed by atoms with van der Waals surface area (Å²) in [6.07, 6.45) is 0.581. The van der Waals surface area contributed by atoms with Gasteiger partial charge in [-0.25, -0.2) is 9.69 Å². The van der Waals surface area contributed by atoms with Crippen LogP contribution in [0.5, 0.6) is 0 Å². The minimum atomic E-state index is -0.497. The van der Waals surface area contributed by atoms with Gasteiger partial charge in [0.15, 0.2) is 0 Å². The van der Waals surface area contributed by atoms with Crippen molar-refractivity contribution in [2.75, 3.05) is 19.4 Å². The van der Waals surface area contributed by atoms with Crippen molar-refractivity contribution >= 4 is 19.9 Å². The standard InChI is InChI=1S/C17H24NO3P/c1-17(2,3)22(4)12-15(19)18-14(11-21-16(18)20)10-13-8-6-5-7-9-13/h5-9,14H,10-12H2,1-4H3/t14-,22-/m0/s1. The van der Waals surface area contributed by atoms with Gasteiger partial charge in [-0.15, -0.1) is 0 Å². The average Bonchev–Trinajstić information content (AvgIpc) is 2.79. The summed E-state index contributed by atoms with van der Waals surface area (Å²) < 4.78 is 5.11. The number of hydrogen-bond donors (Lipinski definition) is 0. The molecule has 5 heteroatoms. The molecule has 4 nitrogen and oxygen atoms in total. The number of benzene rings is 1. The highest BCUT2D eigenvalue weighted by Crippen LogP contribution is 2.45. The minimum Gasteiger partial charge on any atom is -0.447 e. The first-order valence-electron chi connectivity index (χ1n) is 7.53. The number of rotatable bonds is 4. The molecule has 2 amide bonds. The summed E-state index contributed by atoms with van der Waals surface area (Å²) in [5, 5.41) is 0.101. The molecule has 1 fully saturated rings. The third kappa shape index (κ3) is 4.07. The molecule has 1 aromatic rings. The fourth-order valence-electron chi connectivity index (χ4n) is 2.32. The molecule has 0 saturated carbocycles. The van der Waals surface area contributed by atoms with E-state index in [1.54, 1.807) is 0 Å². The number of cyclic esters (lactones) is 1. The Morgan fingerprint density at radius 3 is 2.55 bits per heavy atom. The van der Waals surface area contributed by atoms with Crippen LogP contribution in [0.3, 0.4) is 0 Å². The number of ether oxygens (including phenoxy) is 1. The highest BCUT2D eigenvalue weighted by atomic mass is 31.1. The van der Waals surface area contributed by atoms with Crippen molar-refractivity contribution in [3.05, 3.63) is 35.9 Å². The summed E-state index contributed by atoms with van der Waals surface area (Å²) in [6, 6.07) is 9.70. The highest BCUT2D eigenvalue weighted by Gasteiger charge is 2.38. The van der Waals surface area contributed by atoms with Crippen molar-refractivity contribution in [2.45, 2.75) is 38.4 Å². The van der Waals surface area contributed by atoms with Gasteiger partial charge >= 0.3 is 6.09 Å². The molecule has 0 spiro atoms. The molecule has 120 valence electrons. The Morgan fingerprint density at radius 2 is 1.95 bits per heavy atom. The fraction of sp³-hybridized carbons (Fsp3) is 0.529. The lowest BCUT2D eigenvalue weighted by atomic mass is 10.1. The number of carbonyl (C=O) groups is 2. The van der Waals surface area contributed by atoms with E-state index in [4.69, 9.17) is 4.74 Å². The molecular weight excluding hydrogens is 297 g/mol. The molecule has 1 saturated heterocycles. The van der Waals surface area contributed by atoms with Crippen molar-refractivity contribution < 1.29 is 14.3 Å². The van der Waals surface area contributed by atoms with Crippen LogP contribution in [0.15, 0.2) is 30.3 Å². The van der Waals surface area contributed by atoms with Gasteiger partial charge in [0.05, 0.1) is 6.04 Å². The summed E-state index contributed by atoms with van der Waals surface area (Å²) in [6.45, 7) is 8.80. The molecule has 1 aromatic carbocycles. The van der Waals surface area contributed by atoms with Gasteiger partial charge in [0, 0.05) is 6.16 Å². The van der Waals surface area contributed by atoms with Crippen molar-refractivity contribution in [3.8, 4) is 0 Å². The predicted molar refractivity (Wildman–Crippen MR) is 89.6 cm³/mol. The van der Waals surface area contributed by atoms with Crippen LogP contribution in [0.4, 0.5) is 4.79 Å². The third-order valence-electron chi connectivity index (χ3n) is 4.06. The van der Waals surface area contributed by atoms with Gasteiger partial charge in [0.25, 0.3) is 0 Å². The van der Waals surface area contributed by atoms with Crippen LogP contribution in [-0.4, -0.2) is 47.5 Å². The second-order valence-corrected chi connectivity index (χ2v) is 9.76. The van der Waals surface area contributed by atoms with E-state index in [0.29, 0.717) is 12.6 Å². The maximum Gasteiger partial charge on any atom is 0.416 e. The van der Waals surface area contributed by atoms with Gasteiger partial charge < -0.3 is 4.74 Å². The summed E-state index contributed by atoms with van der Waals surface area (Å²) in [5.41, 5.74) is 1.11. The summed E-state index contributed by atoms with van der Waals surface area (Å²) >= 11 is 0. The molecular formula is C17H24NO3P. The third-order valence-corrected chi connectivity index (χ3v) is 7.10. The van der Waals surface area contributed by atoms with E-state index in [0.717, 1.165) is 5.56 Å². The Labute approximate surface area is 133 Å². The maximum atomic E-state index is 12.6. The Kier molecular flexibility index (Phi) is 5.23. The lowest BCUT2D eigenvalue weighted by Crippen LogP contribution is -2.42. The monoisotopic (exact) mass is 321 g/mol. The minimum absolute atomic E-state index is 0.101. The predicted octanol–water partition coefficient (Wildman–Crippen LogP) is 3.49. The van der Waals surface area contributed by atoms with Gasteiger partial charge in [-0.1, -0.05) is 59.0 Å². The van der Waals surface area contributed by atoms with Crippen LogP contribution in [0.1, 0.15) is 26.3 Å². The average molecular weight is 321 g/mol. The number of imide groups is 1. The van der Waals surface area contributed by atoms with Crippen LogP contribution < -0.4 is 0 Å². The molecule has 2 atom stereocenters. The summed E-state index contributed by atoms with van der Waals surface area (Å²) in [4.78, 5) is 25.8. The van der Waals surface area contributed by atoms with Gasteiger partial charge in [0.2, 0.25) is 5.91 Å². The van der Waals surface area contributed by atoms with Gasteiger partial charge in [-0.3, -0.25) is 4.79 Å². The van der Waals surface area contributed by atoms with Crippen LogP contribution in [0, 0.1) is 0 Å². The van der Waals surface area contributed by atoms with Crippen molar-refractivity contribution in [1.82, 2.24) is 4.90 Å². The van der Waals surface area contributed by atoms with E-state index in [1.165, 1.54) is 4.90 Å². The fourth-order valence-corrected chi connectivity index (χ4v) is 3.35. The quantitative estimate of drug-likeness (QED) is 0.798. The maximum absolute atomic E-state index is 12.6. The Bertz CT molecular complexity index is 539. The first-order valence-corrected chi connectivity index (χ1v) is 9.50. The summed E-state index contributed by atoms with van der Waals surface area (Å²) in [5.74, 6) is -0.105. The molecule has 1 aliphatic rings. The molecule has 0 radical (unpaired) electrons. The van der Waals surface area contributed by atoms with Gasteiger partial charge in [0.1, 0.15) is 6.61 Å². The molecule has 1 heterocycles. The zero-order valence-corrected chi connectivity index (χ0v) is 14.6. The first-order chi connectivity index (χ1) is 10.3. The van der Waals surface area contributed by atoms with Crippen LogP contribution >= 0.6 is 7.92 Å². The largest absolute Gasteiger partial charge is 0.447 e. The Balaban J connectivity index is 2.06. The van der Waals surface area contributed by atoms with Gasteiger partial charge in [-0.2, -0.15) is 0 Å². The summed E-state index contributed by atoms with van der Waals surface area (Å²) in [7, 11) is -0.473. The number of carbonyl (C=O) groups excluding carboxylic acids is 2. The highest BCUT2D eigenvalue weighted by molar-refractivity contribution is 7.59. The Morgan fingerprint density at radius 1 is 1.32 bits per heavy atom. The molecule has 1 aliphatic heterocycles. The van der Waals surface area contributed by atoms with Crippen molar-refractivity contribution in [1.29, 1.82) is 0 Å². The molecule has 0 N–H and O–H groups in total. The smallest absolute Gasteiger partial charge is 0.416 e. The second-order valence-electron chi connectivity index (χ2n) is 6.71. The molecule has 0 aromatic heterocycles. The van der Waals surface area contributed by atoms with Crippen LogP contribution in [-0.2, 0) is 16.0 Å². The molecule has 0 unspecified atom stereocenters.